The van der Waals surface area contributed by atoms with Gasteiger partial charge in [-0.2, -0.15) is 4.73 Å². The van der Waals surface area contributed by atoms with Crippen LogP contribution in [0.1, 0.15) is 40.0 Å². The van der Waals surface area contributed by atoms with E-state index < -0.39 is 10.8 Å². The van der Waals surface area contributed by atoms with Gasteiger partial charge < -0.3 is 5.21 Å². The maximum absolute atomic E-state index is 12.7. The highest BCUT2D eigenvalue weighted by Crippen LogP contribution is 2.30. The molecule has 1 aromatic carbocycles. The molecule has 2 rings (SSSR count). The maximum atomic E-state index is 12.7. The Morgan fingerprint density at radius 1 is 1.10 bits per heavy atom. The standard InChI is InChI=1S/C17H21NO2S/c1-11-10-16(14(4)13(3)12(11)2)15(5)21(20)17-8-6-7-9-18(17)19/h6-10,15H,1-5H3. The lowest BCUT2D eigenvalue weighted by atomic mass is 9.93. The van der Waals surface area contributed by atoms with Crippen molar-refractivity contribution in [2.24, 2.45) is 0 Å². The monoisotopic (exact) mass is 303 g/mol. The van der Waals surface area contributed by atoms with Crippen LogP contribution in [0.3, 0.4) is 0 Å². The number of hydrogen-bond donors (Lipinski definition) is 0. The largest absolute Gasteiger partial charge is 0.618 e. The molecule has 2 unspecified atom stereocenters. The summed E-state index contributed by atoms with van der Waals surface area (Å²) in [5, 5.41) is 11.9. The van der Waals surface area contributed by atoms with Crippen molar-refractivity contribution >= 4 is 10.8 Å². The minimum absolute atomic E-state index is 0.217. The molecule has 0 spiro atoms. The molecule has 3 nitrogen and oxygen atoms in total. The van der Waals surface area contributed by atoms with Crippen molar-refractivity contribution < 1.29 is 8.94 Å². The summed E-state index contributed by atoms with van der Waals surface area (Å²) in [5.74, 6) is 0. The summed E-state index contributed by atoms with van der Waals surface area (Å²) in [4.78, 5) is 0. The highest BCUT2D eigenvalue weighted by atomic mass is 32.2. The van der Waals surface area contributed by atoms with Gasteiger partial charge in [0.15, 0.2) is 6.20 Å². The van der Waals surface area contributed by atoms with Crippen molar-refractivity contribution in [3.8, 4) is 0 Å². The summed E-state index contributed by atoms with van der Waals surface area (Å²) in [6, 6.07) is 7.11. The molecule has 1 heterocycles. The molecule has 2 aromatic rings. The van der Waals surface area contributed by atoms with Gasteiger partial charge in [-0.25, -0.2) is 4.21 Å². The SMILES string of the molecule is Cc1cc(C(C)S(=O)c2cccc[n+]2[O-])c(C)c(C)c1C. The second kappa shape index (κ2) is 5.98. The van der Waals surface area contributed by atoms with E-state index in [1.165, 1.54) is 22.9 Å². The van der Waals surface area contributed by atoms with Gasteiger partial charge in [0.25, 0.3) is 5.03 Å². The van der Waals surface area contributed by atoms with Crippen molar-refractivity contribution in [2.75, 3.05) is 0 Å². The lowest BCUT2D eigenvalue weighted by Gasteiger charge is -2.18. The van der Waals surface area contributed by atoms with Gasteiger partial charge >= 0.3 is 0 Å². The van der Waals surface area contributed by atoms with Crippen molar-refractivity contribution in [2.45, 2.75) is 44.9 Å². The fraction of sp³-hybridized carbons (Fsp3) is 0.353. The van der Waals surface area contributed by atoms with Gasteiger partial charge in [-0.15, -0.1) is 0 Å². The van der Waals surface area contributed by atoms with Crippen LogP contribution in [0, 0.1) is 32.9 Å². The number of nitrogens with zero attached hydrogens (tertiary/aromatic N) is 1. The number of aryl methyl sites for hydroxylation is 1. The van der Waals surface area contributed by atoms with Crippen LogP contribution in [0.2, 0.25) is 0 Å². The van der Waals surface area contributed by atoms with Gasteiger partial charge in [0.05, 0.1) is 5.25 Å². The zero-order chi connectivity index (χ0) is 15.7. The Kier molecular flexibility index (Phi) is 4.47. The number of pyridine rings is 1. The summed E-state index contributed by atoms with van der Waals surface area (Å²) in [6.07, 6.45) is 1.39. The quantitative estimate of drug-likeness (QED) is 0.644. The van der Waals surface area contributed by atoms with Crippen molar-refractivity contribution in [3.05, 3.63) is 63.5 Å². The highest BCUT2D eigenvalue weighted by Gasteiger charge is 2.24. The predicted octanol–water partition coefficient (Wildman–Crippen LogP) is 3.42. The molecule has 1 aromatic heterocycles. The van der Waals surface area contributed by atoms with Gasteiger partial charge in [0.1, 0.15) is 10.8 Å². The molecule has 0 saturated heterocycles. The van der Waals surface area contributed by atoms with Gasteiger partial charge in [0.2, 0.25) is 0 Å². The molecular weight excluding hydrogens is 282 g/mol. The topological polar surface area (TPSA) is 44.0 Å². The lowest BCUT2D eigenvalue weighted by Crippen LogP contribution is -2.32. The molecule has 4 heteroatoms. The van der Waals surface area contributed by atoms with Crippen LogP contribution in [-0.4, -0.2) is 4.21 Å². The molecule has 0 aliphatic carbocycles. The first-order valence-electron chi connectivity index (χ1n) is 7.00. The summed E-state index contributed by atoms with van der Waals surface area (Å²) in [5.41, 5.74) is 5.91. The number of rotatable bonds is 3. The second-order valence-corrected chi connectivity index (χ2v) is 7.18. The van der Waals surface area contributed by atoms with Crippen LogP contribution in [0.5, 0.6) is 0 Å². The zero-order valence-electron chi connectivity index (χ0n) is 13.1. The summed E-state index contributed by atoms with van der Waals surface area (Å²) in [6.45, 7) is 10.2. The first-order chi connectivity index (χ1) is 9.84. The highest BCUT2D eigenvalue weighted by molar-refractivity contribution is 7.85. The molecule has 0 saturated carbocycles. The molecule has 0 radical (unpaired) electrons. The molecule has 112 valence electrons. The third kappa shape index (κ3) is 2.86. The van der Waals surface area contributed by atoms with Crippen molar-refractivity contribution in [1.29, 1.82) is 0 Å². The zero-order valence-corrected chi connectivity index (χ0v) is 14.0. The number of benzene rings is 1. The van der Waals surface area contributed by atoms with Gasteiger partial charge in [-0.1, -0.05) is 6.07 Å². The van der Waals surface area contributed by atoms with E-state index in [0.29, 0.717) is 9.76 Å². The first-order valence-corrected chi connectivity index (χ1v) is 8.22. The van der Waals surface area contributed by atoms with E-state index in [1.807, 2.05) is 6.92 Å². The molecule has 2 atom stereocenters. The van der Waals surface area contributed by atoms with E-state index >= 15 is 0 Å². The summed E-state index contributed by atoms with van der Waals surface area (Å²) < 4.78 is 13.4. The molecule has 0 bridgehead atoms. The minimum Gasteiger partial charge on any atom is -0.618 e. The van der Waals surface area contributed by atoms with E-state index in [1.54, 1.807) is 18.2 Å². The third-order valence-corrected chi connectivity index (χ3v) is 5.90. The van der Waals surface area contributed by atoms with Gasteiger partial charge in [-0.05, 0) is 68.5 Å². The Morgan fingerprint density at radius 3 is 2.38 bits per heavy atom. The molecule has 0 aliphatic rings. The molecular formula is C17H21NO2S. The second-order valence-electron chi connectivity index (χ2n) is 5.46. The molecule has 0 amide bonds. The van der Waals surface area contributed by atoms with E-state index in [0.717, 1.165) is 11.1 Å². The smallest absolute Gasteiger partial charge is 0.282 e. The third-order valence-electron chi connectivity index (χ3n) is 4.28. The van der Waals surface area contributed by atoms with Crippen molar-refractivity contribution in [3.63, 3.8) is 0 Å². The molecule has 0 aliphatic heterocycles. The van der Waals surface area contributed by atoms with Gasteiger partial charge in [0, 0.05) is 12.1 Å². The van der Waals surface area contributed by atoms with E-state index in [2.05, 4.69) is 33.8 Å². The van der Waals surface area contributed by atoms with E-state index in [9.17, 15) is 9.42 Å². The van der Waals surface area contributed by atoms with Crippen LogP contribution in [0.4, 0.5) is 0 Å². The molecule has 0 fully saturated rings. The average Bonchev–Trinajstić information content (AvgIpc) is 2.48. The Bertz CT molecular complexity index is 710. The molecule has 0 N–H and O–H groups in total. The van der Waals surface area contributed by atoms with Crippen LogP contribution in [0.25, 0.3) is 0 Å². The lowest BCUT2D eigenvalue weighted by molar-refractivity contribution is -0.646. The number of hydrogen-bond acceptors (Lipinski definition) is 2. The fourth-order valence-electron chi connectivity index (χ4n) is 2.53. The van der Waals surface area contributed by atoms with Gasteiger partial charge in [-0.3, -0.25) is 0 Å². The minimum atomic E-state index is -1.37. The normalized spacial score (nSPS) is 14.0. The summed E-state index contributed by atoms with van der Waals surface area (Å²) >= 11 is 0. The van der Waals surface area contributed by atoms with Crippen LogP contribution in [0.15, 0.2) is 35.5 Å². The first kappa shape index (κ1) is 15.7. The van der Waals surface area contributed by atoms with Crippen LogP contribution in [-0.2, 0) is 10.8 Å². The van der Waals surface area contributed by atoms with E-state index in [-0.39, 0.29) is 5.25 Å². The molecule has 21 heavy (non-hydrogen) atoms. The Morgan fingerprint density at radius 2 is 1.76 bits per heavy atom. The Labute approximate surface area is 128 Å². The van der Waals surface area contributed by atoms with Crippen molar-refractivity contribution in [1.82, 2.24) is 0 Å². The predicted molar refractivity (Wildman–Crippen MR) is 85.6 cm³/mol. The maximum Gasteiger partial charge on any atom is 0.282 e. The Hall–Kier alpha value is -1.68. The van der Waals surface area contributed by atoms with Crippen LogP contribution >= 0.6 is 0 Å². The number of aromatic nitrogens is 1. The van der Waals surface area contributed by atoms with Crippen LogP contribution < -0.4 is 4.73 Å². The summed E-state index contributed by atoms with van der Waals surface area (Å²) in [7, 11) is -1.37. The van der Waals surface area contributed by atoms with E-state index in [4.69, 9.17) is 0 Å². The Balaban J connectivity index is 2.48. The average molecular weight is 303 g/mol. The fourth-order valence-corrected chi connectivity index (χ4v) is 3.82.